The first-order chi connectivity index (χ1) is 8.37. The van der Waals surface area contributed by atoms with Gasteiger partial charge in [0, 0.05) is 16.1 Å². The van der Waals surface area contributed by atoms with E-state index >= 15 is 0 Å². The third-order valence-electron chi connectivity index (χ3n) is 3.01. The fourth-order valence-corrected chi connectivity index (χ4v) is 4.67. The molecule has 1 aliphatic rings. The van der Waals surface area contributed by atoms with Gasteiger partial charge in [-0.3, -0.25) is 0 Å². The summed E-state index contributed by atoms with van der Waals surface area (Å²) in [5.74, 6) is 0.423. The van der Waals surface area contributed by atoms with Gasteiger partial charge in [0.25, 0.3) is 0 Å². The van der Waals surface area contributed by atoms with E-state index in [9.17, 15) is 8.42 Å². The minimum absolute atomic E-state index is 0.0820. The Hall–Kier alpha value is -0.290. The molecule has 3 nitrogen and oxygen atoms in total. The molecule has 0 saturated carbocycles. The first-order valence-electron chi connectivity index (χ1n) is 5.76. The molecule has 6 heteroatoms. The summed E-state index contributed by atoms with van der Waals surface area (Å²) in [7, 11) is -3.05. The standard InChI is InChI=1S/C12H15Cl2NO2S/c1-8-5-15-12(7-18(16,17)6-8)10-3-2-9(13)4-11(10)14/h2-4,8,12,15H,5-7H2,1H3. The van der Waals surface area contributed by atoms with Gasteiger partial charge in [0.1, 0.15) is 0 Å². The predicted molar refractivity (Wildman–Crippen MR) is 75.0 cm³/mol. The normalized spacial score (nSPS) is 27.7. The Morgan fingerprint density at radius 1 is 1.28 bits per heavy atom. The smallest absolute Gasteiger partial charge is 0.152 e. The number of nitrogens with one attached hydrogen (secondary N) is 1. The van der Waals surface area contributed by atoms with Crippen LogP contribution in [0.5, 0.6) is 0 Å². The second kappa shape index (κ2) is 5.37. The molecule has 2 atom stereocenters. The largest absolute Gasteiger partial charge is 0.309 e. The number of sulfone groups is 1. The Bertz CT molecular complexity index is 545. The Morgan fingerprint density at radius 2 is 2.00 bits per heavy atom. The van der Waals surface area contributed by atoms with Crippen LogP contribution in [0.25, 0.3) is 0 Å². The number of halogens is 2. The third kappa shape index (κ3) is 3.38. The zero-order valence-corrected chi connectivity index (χ0v) is 12.3. The van der Waals surface area contributed by atoms with Crippen LogP contribution >= 0.6 is 23.2 Å². The lowest BCUT2D eigenvalue weighted by Gasteiger charge is -2.17. The lowest BCUT2D eigenvalue weighted by atomic mass is 10.1. The molecular weight excluding hydrogens is 293 g/mol. The maximum Gasteiger partial charge on any atom is 0.152 e. The molecule has 1 heterocycles. The second-order valence-electron chi connectivity index (χ2n) is 4.81. The van der Waals surface area contributed by atoms with Crippen LogP contribution in [0.3, 0.4) is 0 Å². The summed E-state index contributed by atoms with van der Waals surface area (Å²) in [4.78, 5) is 0. The van der Waals surface area contributed by atoms with Gasteiger partial charge >= 0.3 is 0 Å². The molecule has 1 aliphatic heterocycles. The van der Waals surface area contributed by atoms with Crippen molar-refractivity contribution in [3.8, 4) is 0 Å². The average molecular weight is 308 g/mol. The SMILES string of the molecule is CC1CNC(c2ccc(Cl)cc2Cl)CS(=O)(=O)C1. The van der Waals surface area contributed by atoms with Gasteiger partial charge in [-0.15, -0.1) is 0 Å². The van der Waals surface area contributed by atoms with E-state index in [4.69, 9.17) is 23.2 Å². The van der Waals surface area contributed by atoms with E-state index in [1.165, 1.54) is 0 Å². The van der Waals surface area contributed by atoms with E-state index < -0.39 is 9.84 Å². The van der Waals surface area contributed by atoms with Crippen LogP contribution < -0.4 is 5.32 Å². The van der Waals surface area contributed by atoms with Crippen molar-refractivity contribution in [1.82, 2.24) is 5.32 Å². The molecule has 1 fully saturated rings. The van der Waals surface area contributed by atoms with Crippen molar-refractivity contribution in [1.29, 1.82) is 0 Å². The Balaban J connectivity index is 2.32. The van der Waals surface area contributed by atoms with Crippen molar-refractivity contribution in [2.45, 2.75) is 13.0 Å². The van der Waals surface area contributed by atoms with Crippen molar-refractivity contribution in [2.24, 2.45) is 5.92 Å². The predicted octanol–water partition coefficient (Wildman–Crippen LogP) is 2.69. The highest BCUT2D eigenvalue weighted by Crippen LogP contribution is 2.28. The van der Waals surface area contributed by atoms with Crippen LogP contribution in [0.15, 0.2) is 18.2 Å². The minimum atomic E-state index is -3.05. The first kappa shape index (κ1) is 14.1. The van der Waals surface area contributed by atoms with Crippen molar-refractivity contribution in [2.75, 3.05) is 18.1 Å². The molecule has 100 valence electrons. The van der Waals surface area contributed by atoms with Crippen molar-refractivity contribution < 1.29 is 8.42 Å². The topological polar surface area (TPSA) is 46.2 Å². The van der Waals surface area contributed by atoms with Crippen LogP contribution in [-0.4, -0.2) is 26.5 Å². The highest BCUT2D eigenvalue weighted by Gasteiger charge is 2.28. The molecule has 0 aliphatic carbocycles. The quantitative estimate of drug-likeness (QED) is 0.867. The zero-order chi connectivity index (χ0) is 13.3. The molecule has 2 rings (SSSR count). The Labute approximate surface area is 117 Å². The van der Waals surface area contributed by atoms with E-state index in [-0.39, 0.29) is 23.5 Å². The molecule has 18 heavy (non-hydrogen) atoms. The average Bonchev–Trinajstić information content (AvgIpc) is 2.36. The van der Waals surface area contributed by atoms with Crippen LogP contribution in [0, 0.1) is 5.92 Å². The lowest BCUT2D eigenvalue weighted by Crippen LogP contribution is -2.26. The monoisotopic (exact) mass is 307 g/mol. The maximum absolute atomic E-state index is 11.9. The van der Waals surface area contributed by atoms with Gasteiger partial charge in [-0.05, 0) is 30.2 Å². The first-order valence-corrected chi connectivity index (χ1v) is 8.34. The summed E-state index contributed by atoms with van der Waals surface area (Å²) in [5.41, 5.74) is 0.791. The van der Waals surface area contributed by atoms with Gasteiger partial charge in [-0.25, -0.2) is 8.42 Å². The zero-order valence-electron chi connectivity index (χ0n) is 9.99. The summed E-state index contributed by atoms with van der Waals surface area (Å²) in [6.07, 6.45) is 0. The molecule has 1 N–H and O–H groups in total. The number of rotatable bonds is 1. The van der Waals surface area contributed by atoms with Crippen LogP contribution in [0.2, 0.25) is 10.0 Å². The molecule has 0 radical (unpaired) electrons. The van der Waals surface area contributed by atoms with Crippen molar-refractivity contribution in [3.63, 3.8) is 0 Å². The fourth-order valence-electron chi connectivity index (χ4n) is 2.20. The molecule has 0 aromatic heterocycles. The van der Waals surface area contributed by atoms with Crippen molar-refractivity contribution in [3.05, 3.63) is 33.8 Å². The molecule has 1 aromatic rings. The Morgan fingerprint density at radius 3 is 2.67 bits per heavy atom. The van der Waals surface area contributed by atoms with Crippen LogP contribution in [0.4, 0.5) is 0 Å². The second-order valence-corrected chi connectivity index (χ2v) is 7.81. The summed E-state index contributed by atoms with van der Waals surface area (Å²) in [6, 6.07) is 4.89. The molecule has 0 bridgehead atoms. The van der Waals surface area contributed by atoms with Gasteiger partial charge < -0.3 is 5.32 Å². The van der Waals surface area contributed by atoms with Crippen LogP contribution in [0.1, 0.15) is 18.5 Å². The highest BCUT2D eigenvalue weighted by atomic mass is 35.5. The van der Waals surface area contributed by atoms with Gasteiger partial charge in [0.2, 0.25) is 0 Å². The van der Waals surface area contributed by atoms with E-state index in [1.54, 1.807) is 18.2 Å². The van der Waals surface area contributed by atoms with Gasteiger partial charge in [-0.2, -0.15) is 0 Å². The summed E-state index contributed by atoms with van der Waals surface area (Å²) < 4.78 is 23.9. The van der Waals surface area contributed by atoms with Gasteiger partial charge in [0.15, 0.2) is 9.84 Å². The van der Waals surface area contributed by atoms with E-state index in [2.05, 4.69) is 5.32 Å². The Kier molecular flexibility index (Phi) is 4.22. The van der Waals surface area contributed by atoms with E-state index in [0.717, 1.165) is 5.56 Å². The minimum Gasteiger partial charge on any atom is -0.309 e. The molecule has 1 aromatic carbocycles. The highest BCUT2D eigenvalue weighted by molar-refractivity contribution is 7.91. The van der Waals surface area contributed by atoms with Gasteiger partial charge in [0.05, 0.1) is 11.5 Å². The summed E-state index contributed by atoms with van der Waals surface area (Å²) >= 11 is 12.0. The molecule has 1 saturated heterocycles. The third-order valence-corrected chi connectivity index (χ3v) is 5.49. The molecule has 0 spiro atoms. The fraction of sp³-hybridized carbons (Fsp3) is 0.500. The van der Waals surface area contributed by atoms with E-state index in [1.807, 2.05) is 6.92 Å². The number of hydrogen-bond donors (Lipinski definition) is 1. The summed E-state index contributed by atoms with van der Waals surface area (Å²) in [5, 5.41) is 4.31. The maximum atomic E-state index is 11.9. The number of hydrogen-bond acceptors (Lipinski definition) is 3. The molecule has 0 amide bonds. The van der Waals surface area contributed by atoms with E-state index in [0.29, 0.717) is 16.6 Å². The van der Waals surface area contributed by atoms with Gasteiger partial charge in [-0.1, -0.05) is 36.2 Å². The molecule has 2 unspecified atom stereocenters. The lowest BCUT2D eigenvalue weighted by molar-refractivity contribution is 0.518. The van der Waals surface area contributed by atoms with Crippen LogP contribution in [-0.2, 0) is 9.84 Å². The number of benzene rings is 1. The summed E-state index contributed by atoms with van der Waals surface area (Å²) in [6.45, 7) is 2.60. The van der Waals surface area contributed by atoms with Crippen molar-refractivity contribution >= 4 is 33.0 Å². The molecular formula is C12H15Cl2NO2S.